The molecule has 27 heavy (non-hydrogen) atoms. The second-order valence-electron chi connectivity index (χ2n) is 7.97. The molecule has 3 rings (SSSR count). The highest BCUT2D eigenvalue weighted by Gasteiger charge is 2.60. The van der Waals surface area contributed by atoms with Crippen LogP contribution < -0.4 is 14.9 Å². The molecule has 2 saturated carbocycles. The van der Waals surface area contributed by atoms with Gasteiger partial charge in [-0.1, -0.05) is 20.8 Å². The van der Waals surface area contributed by atoms with E-state index < -0.39 is 10.8 Å². The Kier molecular flexibility index (Phi) is 4.84. The average Bonchev–Trinajstić information content (AvgIpc) is 2.97. The van der Waals surface area contributed by atoms with Crippen molar-refractivity contribution in [2.45, 2.75) is 40.0 Å². The standard InChI is InChI=1S/C19H25N3O5/c1-18(2)12-7-8-19(18,3)16(9-12)20-21-17(23)11-27-15-6-5-13(26-4)10-14(15)22(24)25/h5-6,10,12H,7-9,11H2,1-4H3,(H,21,23)/b20-16-/t12-,19+/m0/s1. The molecule has 0 spiro atoms. The van der Waals surface area contributed by atoms with Gasteiger partial charge in [0, 0.05) is 11.1 Å². The van der Waals surface area contributed by atoms with Gasteiger partial charge >= 0.3 is 5.69 Å². The van der Waals surface area contributed by atoms with E-state index in [0.29, 0.717) is 11.7 Å². The summed E-state index contributed by atoms with van der Waals surface area (Å²) >= 11 is 0. The van der Waals surface area contributed by atoms with Gasteiger partial charge in [0.2, 0.25) is 0 Å². The molecule has 8 heteroatoms. The van der Waals surface area contributed by atoms with Crippen molar-refractivity contribution in [3.63, 3.8) is 0 Å². The van der Waals surface area contributed by atoms with Crippen LogP contribution in [0, 0.1) is 26.9 Å². The van der Waals surface area contributed by atoms with Crippen LogP contribution in [-0.2, 0) is 4.79 Å². The molecule has 1 aromatic rings. The van der Waals surface area contributed by atoms with Crippen molar-refractivity contribution in [3.05, 3.63) is 28.3 Å². The number of hydrogen-bond acceptors (Lipinski definition) is 6. The average molecular weight is 375 g/mol. The van der Waals surface area contributed by atoms with Crippen molar-refractivity contribution in [1.82, 2.24) is 5.43 Å². The first kappa shape index (κ1) is 19.1. The van der Waals surface area contributed by atoms with Crippen molar-refractivity contribution in [3.8, 4) is 11.5 Å². The molecule has 2 bridgehead atoms. The van der Waals surface area contributed by atoms with E-state index in [1.807, 2.05) is 0 Å². The number of carbonyl (C=O) groups excluding carboxylic acids is 1. The van der Waals surface area contributed by atoms with Crippen LogP contribution in [0.2, 0.25) is 0 Å². The van der Waals surface area contributed by atoms with Crippen molar-refractivity contribution in [2.75, 3.05) is 13.7 Å². The third-order valence-corrected chi connectivity index (χ3v) is 6.55. The van der Waals surface area contributed by atoms with E-state index in [2.05, 4.69) is 31.3 Å². The van der Waals surface area contributed by atoms with Crippen molar-refractivity contribution in [2.24, 2.45) is 21.8 Å². The van der Waals surface area contributed by atoms with Crippen LogP contribution in [0.5, 0.6) is 11.5 Å². The number of nitro groups is 1. The first-order valence-electron chi connectivity index (χ1n) is 9.00. The number of hydrogen-bond donors (Lipinski definition) is 1. The molecule has 0 radical (unpaired) electrons. The molecule has 146 valence electrons. The summed E-state index contributed by atoms with van der Waals surface area (Å²) in [5.74, 6) is 0.502. The lowest BCUT2D eigenvalue weighted by Crippen LogP contribution is -2.35. The lowest BCUT2D eigenvalue weighted by molar-refractivity contribution is -0.385. The highest BCUT2D eigenvalue weighted by atomic mass is 16.6. The van der Waals surface area contributed by atoms with E-state index >= 15 is 0 Å². The Labute approximate surface area is 158 Å². The summed E-state index contributed by atoms with van der Waals surface area (Å²) in [5, 5.41) is 15.5. The summed E-state index contributed by atoms with van der Waals surface area (Å²) in [6.45, 7) is 6.39. The number of carbonyl (C=O) groups is 1. The molecule has 2 aliphatic carbocycles. The van der Waals surface area contributed by atoms with Gasteiger partial charge in [-0.3, -0.25) is 14.9 Å². The molecule has 2 fully saturated rings. The van der Waals surface area contributed by atoms with Crippen LogP contribution in [0.3, 0.4) is 0 Å². The molecule has 2 aliphatic rings. The molecule has 0 heterocycles. The normalized spacial score (nSPS) is 26.8. The fourth-order valence-corrected chi connectivity index (χ4v) is 4.29. The van der Waals surface area contributed by atoms with E-state index in [-0.39, 0.29) is 28.9 Å². The SMILES string of the molecule is COc1ccc(OCC(=O)N/N=C2/C[C@@H]3CC[C@@]2(C)C3(C)C)c([N+](=O)[O-])c1. The predicted octanol–water partition coefficient (Wildman–Crippen LogP) is 3.30. The van der Waals surface area contributed by atoms with Gasteiger partial charge in [0.05, 0.1) is 18.1 Å². The van der Waals surface area contributed by atoms with E-state index in [9.17, 15) is 14.9 Å². The van der Waals surface area contributed by atoms with E-state index in [0.717, 1.165) is 18.6 Å². The number of ether oxygens (including phenoxy) is 2. The minimum absolute atomic E-state index is 0.000569. The second-order valence-corrected chi connectivity index (χ2v) is 7.97. The molecular formula is C19H25N3O5. The van der Waals surface area contributed by atoms with Gasteiger partial charge in [0.15, 0.2) is 12.4 Å². The predicted molar refractivity (Wildman–Crippen MR) is 100.0 cm³/mol. The number of nitrogens with zero attached hydrogens (tertiary/aromatic N) is 2. The zero-order valence-corrected chi connectivity index (χ0v) is 16.1. The Hall–Kier alpha value is -2.64. The highest BCUT2D eigenvalue weighted by Crippen LogP contribution is 2.63. The van der Waals surface area contributed by atoms with Crippen molar-refractivity contribution in [1.29, 1.82) is 0 Å². The van der Waals surface area contributed by atoms with Crippen LogP contribution in [-0.4, -0.2) is 30.3 Å². The van der Waals surface area contributed by atoms with E-state index in [1.165, 1.54) is 25.7 Å². The van der Waals surface area contributed by atoms with Gasteiger partial charge in [-0.05, 0) is 42.7 Å². The Balaban J connectivity index is 1.62. The number of nitro benzene ring substituents is 1. The zero-order valence-electron chi connectivity index (χ0n) is 16.1. The summed E-state index contributed by atoms with van der Waals surface area (Å²) < 4.78 is 10.3. The number of rotatable bonds is 6. The van der Waals surface area contributed by atoms with E-state index in [1.54, 1.807) is 6.07 Å². The van der Waals surface area contributed by atoms with Crippen molar-refractivity contribution < 1.29 is 19.2 Å². The van der Waals surface area contributed by atoms with Crippen LogP contribution >= 0.6 is 0 Å². The van der Waals surface area contributed by atoms with Gasteiger partial charge < -0.3 is 9.47 Å². The van der Waals surface area contributed by atoms with Gasteiger partial charge in [0.25, 0.3) is 5.91 Å². The molecule has 2 atom stereocenters. The molecule has 8 nitrogen and oxygen atoms in total. The largest absolute Gasteiger partial charge is 0.496 e. The van der Waals surface area contributed by atoms with Gasteiger partial charge in [-0.25, -0.2) is 5.43 Å². The third-order valence-electron chi connectivity index (χ3n) is 6.55. The lowest BCUT2D eigenvalue weighted by atomic mass is 9.70. The number of fused-ring (bicyclic) bond motifs is 2. The number of nitrogens with one attached hydrogen (secondary N) is 1. The molecule has 0 saturated heterocycles. The summed E-state index contributed by atoms with van der Waals surface area (Å²) in [4.78, 5) is 22.7. The highest BCUT2D eigenvalue weighted by molar-refractivity contribution is 5.95. The molecule has 0 aliphatic heterocycles. The smallest absolute Gasteiger partial charge is 0.314 e. The fourth-order valence-electron chi connectivity index (χ4n) is 4.29. The number of amides is 1. The maximum absolute atomic E-state index is 12.1. The van der Waals surface area contributed by atoms with E-state index in [4.69, 9.17) is 9.47 Å². The second kappa shape index (κ2) is 6.83. The maximum Gasteiger partial charge on any atom is 0.314 e. The number of hydrazone groups is 1. The zero-order chi connectivity index (χ0) is 19.8. The van der Waals surface area contributed by atoms with Gasteiger partial charge in [-0.2, -0.15) is 5.10 Å². The molecule has 0 aromatic heterocycles. The number of methoxy groups -OCH3 is 1. The van der Waals surface area contributed by atoms with Gasteiger partial charge in [0.1, 0.15) is 5.75 Å². The summed E-state index contributed by atoms with van der Waals surface area (Å²) in [7, 11) is 1.42. The first-order valence-corrected chi connectivity index (χ1v) is 9.00. The third kappa shape index (κ3) is 3.24. The Morgan fingerprint density at radius 2 is 2.15 bits per heavy atom. The molecule has 0 unspecified atom stereocenters. The molecule has 1 N–H and O–H groups in total. The quantitative estimate of drug-likeness (QED) is 0.607. The Bertz CT molecular complexity index is 805. The molecular weight excluding hydrogens is 350 g/mol. The lowest BCUT2D eigenvalue weighted by Gasteiger charge is -2.34. The van der Waals surface area contributed by atoms with Crippen LogP contribution in [0.25, 0.3) is 0 Å². The van der Waals surface area contributed by atoms with Crippen molar-refractivity contribution >= 4 is 17.3 Å². The van der Waals surface area contributed by atoms with Gasteiger partial charge in [-0.15, -0.1) is 0 Å². The summed E-state index contributed by atoms with van der Waals surface area (Å²) in [6.07, 6.45) is 3.17. The minimum Gasteiger partial charge on any atom is -0.496 e. The summed E-state index contributed by atoms with van der Waals surface area (Å²) in [5.41, 5.74) is 3.49. The Morgan fingerprint density at radius 3 is 2.70 bits per heavy atom. The monoisotopic (exact) mass is 375 g/mol. The minimum atomic E-state index is -0.575. The molecule has 1 aromatic carbocycles. The number of benzene rings is 1. The Morgan fingerprint density at radius 1 is 1.41 bits per heavy atom. The maximum atomic E-state index is 12.1. The topological polar surface area (TPSA) is 103 Å². The van der Waals surface area contributed by atoms with Crippen LogP contribution in [0.15, 0.2) is 23.3 Å². The summed E-state index contributed by atoms with van der Waals surface area (Å²) in [6, 6.07) is 4.21. The molecule has 1 amide bonds. The van der Waals surface area contributed by atoms with Crippen LogP contribution in [0.1, 0.15) is 40.0 Å². The fraction of sp³-hybridized carbons (Fsp3) is 0.579. The first-order chi connectivity index (χ1) is 12.7. The van der Waals surface area contributed by atoms with Crippen LogP contribution in [0.4, 0.5) is 5.69 Å².